The van der Waals surface area contributed by atoms with Crippen LogP contribution in [0.3, 0.4) is 0 Å². The monoisotopic (exact) mass is 184 g/mol. The van der Waals surface area contributed by atoms with Gasteiger partial charge in [-0.25, -0.2) is 14.3 Å². The largest absolute Gasteiger partial charge is 0.450 e. The fourth-order valence-corrected chi connectivity index (χ4v) is 0.571. The van der Waals surface area contributed by atoms with Crippen molar-refractivity contribution in [2.45, 2.75) is 26.4 Å². The van der Waals surface area contributed by atoms with Crippen LogP contribution in [0.2, 0.25) is 0 Å². The molecule has 0 atom stereocenters. The first-order valence-corrected chi connectivity index (χ1v) is 3.87. The van der Waals surface area contributed by atoms with Gasteiger partial charge in [0.05, 0.1) is 0 Å². The van der Waals surface area contributed by atoms with Gasteiger partial charge >= 0.3 is 6.09 Å². The van der Waals surface area contributed by atoms with E-state index in [1.807, 2.05) is 0 Å². The molecule has 1 rings (SSSR count). The first-order chi connectivity index (χ1) is 5.99. The molecule has 0 aliphatic carbocycles. The van der Waals surface area contributed by atoms with Gasteiger partial charge in [-0.05, 0) is 20.8 Å². The summed E-state index contributed by atoms with van der Waals surface area (Å²) >= 11 is 0. The molecule has 0 saturated heterocycles. The lowest BCUT2D eigenvalue weighted by Crippen LogP contribution is -2.23. The number of carbonyl (C=O) groups excluding carboxylic acids is 1. The number of nitrogens with zero attached hydrogens (tertiary/aromatic N) is 2. The van der Waals surface area contributed by atoms with Crippen molar-refractivity contribution >= 4 is 6.09 Å². The van der Waals surface area contributed by atoms with Gasteiger partial charge in [0, 0.05) is 12.4 Å². The second-order valence-electron chi connectivity index (χ2n) is 3.51. The molecule has 0 saturated carbocycles. The Hall–Kier alpha value is -1.36. The maximum absolute atomic E-state index is 11.1. The summed E-state index contributed by atoms with van der Waals surface area (Å²) in [5.74, 6) is 0. The quantitative estimate of drug-likeness (QED) is 0.491. The topological polar surface area (TPSA) is 53.4 Å². The Kier molecular flexibility index (Phi) is 2.67. The van der Waals surface area contributed by atoms with Crippen LogP contribution in [-0.4, -0.2) is 21.2 Å². The van der Waals surface area contributed by atoms with Crippen LogP contribution in [0.25, 0.3) is 0 Å². The lowest BCUT2D eigenvalue weighted by atomic mass is 10.2. The smallest absolute Gasteiger partial charge is 0.274 e. The molecule has 1 aromatic heterocycles. The summed E-state index contributed by atoms with van der Waals surface area (Å²) in [6.45, 7) is 5.36. The Labute approximate surface area is 76.2 Å². The highest BCUT2D eigenvalue weighted by atomic mass is 17.2. The molecule has 1 aromatic rings. The second-order valence-corrected chi connectivity index (χ2v) is 3.51. The molecule has 0 fully saturated rings. The maximum Gasteiger partial charge on any atom is 0.450 e. The Morgan fingerprint density at radius 1 is 1.46 bits per heavy atom. The van der Waals surface area contributed by atoms with Crippen LogP contribution in [0.5, 0.6) is 0 Å². The zero-order valence-electron chi connectivity index (χ0n) is 7.85. The van der Waals surface area contributed by atoms with Crippen molar-refractivity contribution in [3.8, 4) is 0 Å². The van der Waals surface area contributed by atoms with Crippen molar-refractivity contribution in [1.29, 1.82) is 0 Å². The van der Waals surface area contributed by atoms with E-state index in [1.54, 1.807) is 20.8 Å². The summed E-state index contributed by atoms with van der Waals surface area (Å²) in [5, 5.41) is 0. The van der Waals surface area contributed by atoms with Gasteiger partial charge in [0.1, 0.15) is 11.9 Å². The average molecular weight is 184 g/mol. The van der Waals surface area contributed by atoms with Crippen LogP contribution >= 0.6 is 0 Å². The van der Waals surface area contributed by atoms with Crippen molar-refractivity contribution in [3.63, 3.8) is 0 Å². The van der Waals surface area contributed by atoms with Crippen molar-refractivity contribution in [3.05, 3.63) is 18.7 Å². The van der Waals surface area contributed by atoms with E-state index in [0.29, 0.717) is 0 Å². The van der Waals surface area contributed by atoms with E-state index in [2.05, 4.69) is 9.87 Å². The highest BCUT2D eigenvalue weighted by Gasteiger charge is 2.15. The maximum atomic E-state index is 11.1. The van der Waals surface area contributed by atoms with Crippen LogP contribution in [0.4, 0.5) is 4.79 Å². The number of hydrogen-bond donors (Lipinski definition) is 0. The second kappa shape index (κ2) is 3.57. The number of aromatic nitrogens is 2. The van der Waals surface area contributed by atoms with E-state index in [-0.39, 0.29) is 0 Å². The fourth-order valence-electron chi connectivity index (χ4n) is 0.571. The summed E-state index contributed by atoms with van der Waals surface area (Å²) in [5.41, 5.74) is -0.504. The molecule has 0 bridgehead atoms. The molecule has 0 aromatic carbocycles. The molecule has 5 nitrogen and oxygen atoms in total. The van der Waals surface area contributed by atoms with E-state index in [0.717, 1.165) is 0 Å². The zero-order valence-corrected chi connectivity index (χ0v) is 7.85. The summed E-state index contributed by atoms with van der Waals surface area (Å²) < 4.78 is 1.19. The molecule has 0 spiro atoms. The Morgan fingerprint density at radius 2 is 2.15 bits per heavy atom. The summed E-state index contributed by atoms with van der Waals surface area (Å²) in [4.78, 5) is 24.2. The minimum Gasteiger partial charge on any atom is -0.274 e. The molecule has 72 valence electrons. The molecule has 0 unspecified atom stereocenters. The van der Waals surface area contributed by atoms with Gasteiger partial charge in [-0.3, -0.25) is 4.89 Å². The molecule has 5 heteroatoms. The number of imidazole rings is 1. The van der Waals surface area contributed by atoms with Crippen molar-refractivity contribution < 1.29 is 14.6 Å². The van der Waals surface area contributed by atoms with Crippen LogP contribution < -0.4 is 0 Å². The van der Waals surface area contributed by atoms with Gasteiger partial charge in [-0.2, -0.15) is 4.89 Å². The lowest BCUT2D eigenvalue weighted by molar-refractivity contribution is -0.300. The van der Waals surface area contributed by atoms with Gasteiger partial charge in [-0.1, -0.05) is 0 Å². The first-order valence-electron chi connectivity index (χ1n) is 3.87. The molecular formula is C8H12N2O3. The molecule has 0 radical (unpaired) electrons. The third-order valence-electron chi connectivity index (χ3n) is 1.08. The van der Waals surface area contributed by atoms with Crippen molar-refractivity contribution in [1.82, 2.24) is 9.55 Å². The van der Waals surface area contributed by atoms with E-state index >= 15 is 0 Å². The molecule has 0 aliphatic rings. The average Bonchev–Trinajstić information content (AvgIpc) is 2.50. The molecule has 1 heterocycles. The van der Waals surface area contributed by atoms with Crippen LogP contribution in [0.15, 0.2) is 18.7 Å². The van der Waals surface area contributed by atoms with E-state index in [9.17, 15) is 4.79 Å². The zero-order chi connectivity index (χ0) is 9.90. The van der Waals surface area contributed by atoms with Gasteiger partial charge in [0.25, 0.3) is 0 Å². The van der Waals surface area contributed by atoms with Gasteiger partial charge in [0.2, 0.25) is 0 Å². The first kappa shape index (κ1) is 9.73. The Morgan fingerprint density at radius 3 is 2.62 bits per heavy atom. The van der Waals surface area contributed by atoms with Crippen molar-refractivity contribution in [2.75, 3.05) is 0 Å². The predicted molar refractivity (Wildman–Crippen MR) is 44.9 cm³/mol. The normalized spacial score (nSPS) is 11.3. The van der Waals surface area contributed by atoms with Gasteiger partial charge in [0.15, 0.2) is 0 Å². The van der Waals surface area contributed by atoms with Crippen molar-refractivity contribution in [2.24, 2.45) is 0 Å². The third kappa shape index (κ3) is 3.25. The number of carbonyl (C=O) groups is 1. The molecule has 0 aliphatic heterocycles. The minimum absolute atomic E-state index is 0.504. The van der Waals surface area contributed by atoms with Gasteiger partial charge in [-0.15, -0.1) is 0 Å². The summed E-state index contributed by atoms with van der Waals surface area (Å²) in [6, 6.07) is 0. The molecule has 0 amide bonds. The minimum atomic E-state index is -0.604. The summed E-state index contributed by atoms with van der Waals surface area (Å²) in [7, 11) is 0. The number of hydrogen-bond acceptors (Lipinski definition) is 4. The highest BCUT2D eigenvalue weighted by Crippen LogP contribution is 2.07. The summed E-state index contributed by atoms with van der Waals surface area (Å²) in [6.07, 6.45) is 3.70. The fraction of sp³-hybridized carbons (Fsp3) is 0.500. The SMILES string of the molecule is CC(C)(C)OOC(=O)n1ccnc1. The predicted octanol–water partition coefficient (Wildman–Crippen LogP) is 1.60. The Balaban J connectivity index is 2.44. The lowest BCUT2D eigenvalue weighted by Gasteiger charge is -2.16. The molecule has 13 heavy (non-hydrogen) atoms. The van der Waals surface area contributed by atoms with E-state index in [4.69, 9.17) is 4.89 Å². The van der Waals surface area contributed by atoms with Crippen LogP contribution in [0.1, 0.15) is 20.8 Å². The third-order valence-corrected chi connectivity index (χ3v) is 1.08. The van der Waals surface area contributed by atoms with Crippen LogP contribution in [-0.2, 0) is 9.78 Å². The van der Waals surface area contributed by atoms with E-state index < -0.39 is 11.7 Å². The molecular weight excluding hydrogens is 172 g/mol. The number of rotatable bonds is 1. The van der Waals surface area contributed by atoms with Crippen LogP contribution in [0, 0.1) is 0 Å². The standard InChI is InChI=1S/C8H12N2O3/c1-8(2,3)13-12-7(11)10-5-4-9-6-10/h4-6H,1-3H3. The Bertz CT molecular complexity index is 274. The van der Waals surface area contributed by atoms with E-state index in [1.165, 1.54) is 23.3 Å². The highest BCUT2D eigenvalue weighted by molar-refractivity contribution is 5.69. The molecule has 0 N–H and O–H groups in total. The van der Waals surface area contributed by atoms with Gasteiger partial charge < -0.3 is 0 Å².